The van der Waals surface area contributed by atoms with Gasteiger partial charge in [0.05, 0.1) is 6.04 Å². The van der Waals surface area contributed by atoms with Gasteiger partial charge in [-0.15, -0.1) is 0 Å². The SMILES string of the molecule is C[C@H](NC(=O)[C@]1(Br)CC12CCCCC2)c1ccccc1. The second-order valence-corrected chi connectivity index (χ2v) is 7.78. The Kier molecular flexibility index (Phi) is 3.65. The van der Waals surface area contributed by atoms with Crippen molar-refractivity contribution in [3.8, 4) is 0 Å². The van der Waals surface area contributed by atoms with Gasteiger partial charge in [0.2, 0.25) is 5.91 Å². The summed E-state index contributed by atoms with van der Waals surface area (Å²) in [5.41, 5.74) is 1.40. The molecule has 1 aromatic carbocycles. The van der Waals surface area contributed by atoms with Crippen molar-refractivity contribution >= 4 is 21.8 Å². The molecule has 0 radical (unpaired) electrons. The smallest absolute Gasteiger partial charge is 0.237 e. The first-order valence-electron chi connectivity index (χ1n) is 7.62. The Morgan fingerprint density at radius 2 is 1.85 bits per heavy atom. The molecule has 20 heavy (non-hydrogen) atoms. The topological polar surface area (TPSA) is 29.1 Å². The van der Waals surface area contributed by atoms with Crippen molar-refractivity contribution < 1.29 is 4.79 Å². The van der Waals surface area contributed by atoms with E-state index < -0.39 is 0 Å². The molecule has 2 saturated carbocycles. The van der Waals surface area contributed by atoms with E-state index in [0.717, 1.165) is 12.0 Å². The number of carbonyl (C=O) groups excluding carboxylic acids is 1. The van der Waals surface area contributed by atoms with Crippen LogP contribution in [-0.4, -0.2) is 10.2 Å². The molecule has 1 N–H and O–H groups in total. The maximum atomic E-state index is 12.6. The molecule has 0 aliphatic heterocycles. The van der Waals surface area contributed by atoms with Gasteiger partial charge in [-0.2, -0.15) is 0 Å². The summed E-state index contributed by atoms with van der Waals surface area (Å²) in [5.74, 6) is 0.177. The van der Waals surface area contributed by atoms with Crippen LogP contribution in [0, 0.1) is 5.41 Å². The molecule has 108 valence electrons. The van der Waals surface area contributed by atoms with Crippen LogP contribution in [0.1, 0.15) is 57.1 Å². The number of amides is 1. The van der Waals surface area contributed by atoms with E-state index in [0.29, 0.717) is 0 Å². The van der Waals surface area contributed by atoms with Crippen molar-refractivity contribution in [2.75, 3.05) is 0 Å². The Labute approximate surface area is 129 Å². The molecule has 2 atom stereocenters. The highest BCUT2D eigenvalue weighted by atomic mass is 79.9. The molecule has 0 unspecified atom stereocenters. The summed E-state index contributed by atoms with van der Waals surface area (Å²) >= 11 is 3.76. The monoisotopic (exact) mass is 335 g/mol. The Morgan fingerprint density at radius 3 is 2.50 bits per heavy atom. The molecule has 0 saturated heterocycles. The molecule has 0 aromatic heterocycles. The molecule has 2 nitrogen and oxygen atoms in total. The Balaban J connectivity index is 1.65. The van der Waals surface area contributed by atoms with E-state index in [1.807, 2.05) is 18.2 Å². The van der Waals surface area contributed by atoms with Gasteiger partial charge in [0.25, 0.3) is 0 Å². The molecular weight excluding hydrogens is 314 g/mol. The molecular formula is C17H22BrNO. The van der Waals surface area contributed by atoms with Crippen LogP contribution in [0.5, 0.6) is 0 Å². The first-order valence-corrected chi connectivity index (χ1v) is 8.42. The Morgan fingerprint density at radius 1 is 1.20 bits per heavy atom. The zero-order valence-electron chi connectivity index (χ0n) is 12.0. The molecule has 0 heterocycles. The number of carbonyl (C=O) groups is 1. The van der Waals surface area contributed by atoms with Crippen LogP contribution in [0.15, 0.2) is 30.3 Å². The molecule has 2 fully saturated rings. The second-order valence-electron chi connectivity index (χ2n) is 6.42. The molecule has 1 aromatic rings. The lowest BCUT2D eigenvalue weighted by atomic mass is 9.84. The summed E-state index contributed by atoms with van der Waals surface area (Å²) in [6.07, 6.45) is 7.28. The number of alkyl halides is 1. The van der Waals surface area contributed by atoms with Crippen molar-refractivity contribution in [3.63, 3.8) is 0 Å². The van der Waals surface area contributed by atoms with Gasteiger partial charge in [0.1, 0.15) is 4.32 Å². The van der Waals surface area contributed by atoms with E-state index in [4.69, 9.17) is 0 Å². The minimum absolute atomic E-state index is 0.0689. The normalized spacial score (nSPS) is 28.9. The fourth-order valence-corrected chi connectivity index (χ4v) is 4.73. The van der Waals surface area contributed by atoms with E-state index in [1.165, 1.54) is 32.1 Å². The van der Waals surface area contributed by atoms with Gasteiger partial charge in [-0.05, 0) is 37.2 Å². The van der Waals surface area contributed by atoms with E-state index in [2.05, 4.69) is 40.3 Å². The van der Waals surface area contributed by atoms with Crippen LogP contribution in [-0.2, 0) is 4.79 Å². The fraction of sp³-hybridized carbons (Fsp3) is 0.588. The van der Waals surface area contributed by atoms with Crippen LogP contribution >= 0.6 is 15.9 Å². The quantitative estimate of drug-likeness (QED) is 0.817. The maximum Gasteiger partial charge on any atom is 0.237 e. The molecule has 3 rings (SSSR count). The first kappa shape index (κ1) is 14.1. The number of hydrogen-bond acceptors (Lipinski definition) is 1. The van der Waals surface area contributed by atoms with E-state index >= 15 is 0 Å². The van der Waals surface area contributed by atoms with Gasteiger partial charge in [0.15, 0.2) is 0 Å². The third-order valence-electron chi connectivity index (χ3n) is 5.12. The van der Waals surface area contributed by atoms with Gasteiger partial charge in [-0.1, -0.05) is 65.5 Å². The van der Waals surface area contributed by atoms with Gasteiger partial charge in [-0.25, -0.2) is 0 Å². The van der Waals surface area contributed by atoms with Crippen molar-refractivity contribution in [1.82, 2.24) is 5.32 Å². The van der Waals surface area contributed by atoms with Crippen LogP contribution < -0.4 is 5.32 Å². The minimum Gasteiger partial charge on any atom is -0.348 e. The van der Waals surface area contributed by atoms with Crippen molar-refractivity contribution in [3.05, 3.63) is 35.9 Å². The zero-order chi connectivity index (χ0) is 14.2. The Bertz CT molecular complexity index is 495. The lowest BCUT2D eigenvalue weighted by Crippen LogP contribution is -2.38. The van der Waals surface area contributed by atoms with Crippen LogP contribution in [0.4, 0.5) is 0 Å². The maximum absolute atomic E-state index is 12.6. The predicted molar refractivity (Wildman–Crippen MR) is 84.8 cm³/mol. The third kappa shape index (κ3) is 2.30. The highest BCUT2D eigenvalue weighted by Gasteiger charge is 2.69. The lowest BCUT2D eigenvalue weighted by Gasteiger charge is -2.26. The average molecular weight is 336 g/mol. The largest absolute Gasteiger partial charge is 0.348 e. The highest BCUT2D eigenvalue weighted by molar-refractivity contribution is 9.10. The minimum atomic E-state index is -0.302. The molecule has 2 aliphatic rings. The molecule has 2 aliphatic carbocycles. The zero-order valence-corrected chi connectivity index (χ0v) is 13.6. The van der Waals surface area contributed by atoms with Crippen LogP contribution in [0.25, 0.3) is 0 Å². The molecule has 1 amide bonds. The van der Waals surface area contributed by atoms with Crippen LogP contribution in [0.3, 0.4) is 0 Å². The summed E-state index contributed by atoms with van der Waals surface area (Å²) in [6.45, 7) is 2.06. The Hall–Kier alpha value is -0.830. The average Bonchev–Trinajstić information content (AvgIpc) is 3.05. The predicted octanol–water partition coefficient (Wildman–Crippen LogP) is 4.35. The number of halogens is 1. The number of hydrogen-bond donors (Lipinski definition) is 1. The van der Waals surface area contributed by atoms with E-state index in [-0.39, 0.29) is 21.7 Å². The summed E-state index contributed by atoms with van der Waals surface area (Å²) in [6, 6.07) is 10.2. The molecule has 1 spiro atoms. The number of nitrogens with one attached hydrogen (secondary N) is 1. The van der Waals surface area contributed by atoms with Crippen molar-refractivity contribution in [2.45, 2.75) is 55.8 Å². The second kappa shape index (κ2) is 5.18. The summed E-state index contributed by atoms with van der Waals surface area (Å²) in [5, 5.41) is 3.18. The van der Waals surface area contributed by atoms with Gasteiger partial charge < -0.3 is 5.32 Å². The van der Waals surface area contributed by atoms with Crippen LogP contribution in [0.2, 0.25) is 0 Å². The van der Waals surface area contributed by atoms with Gasteiger partial charge in [0, 0.05) is 0 Å². The highest BCUT2D eigenvalue weighted by Crippen LogP contribution is 2.69. The van der Waals surface area contributed by atoms with Gasteiger partial charge >= 0.3 is 0 Å². The first-order chi connectivity index (χ1) is 9.57. The molecule has 3 heteroatoms. The number of benzene rings is 1. The van der Waals surface area contributed by atoms with E-state index in [9.17, 15) is 4.79 Å². The summed E-state index contributed by atoms with van der Waals surface area (Å²) < 4.78 is -0.302. The fourth-order valence-electron chi connectivity index (χ4n) is 3.68. The summed E-state index contributed by atoms with van der Waals surface area (Å²) in [4.78, 5) is 12.6. The van der Waals surface area contributed by atoms with E-state index in [1.54, 1.807) is 0 Å². The van der Waals surface area contributed by atoms with Gasteiger partial charge in [-0.3, -0.25) is 4.79 Å². The summed E-state index contributed by atoms with van der Waals surface area (Å²) in [7, 11) is 0. The third-order valence-corrected chi connectivity index (χ3v) is 6.60. The number of rotatable bonds is 3. The standard InChI is InChI=1S/C17H22BrNO/c1-13(14-8-4-2-5-9-14)19-15(20)17(18)12-16(17)10-6-3-7-11-16/h2,4-5,8-9,13H,3,6-7,10-12H2,1H3,(H,19,20)/t13-,17+/m0/s1. The van der Waals surface area contributed by atoms with Crippen molar-refractivity contribution in [1.29, 1.82) is 0 Å². The lowest BCUT2D eigenvalue weighted by molar-refractivity contribution is -0.122. The van der Waals surface area contributed by atoms with Crippen molar-refractivity contribution in [2.24, 2.45) is 5.41 Å². The molecule has 0 bridgehead atoms.